The van der Waals surface area contributed by atoms with Gasteiger partial charge in [-0.05, 0) is 19.8 Å². The number of rotatable bonds is 5. The van der Waals surface area contributed by atoms with E-state index in [1.165, 1.54) is 6.92 Å². The Hall–Kier alpha value is -2.18. The van der Waals surface area contributed by atoms with E-state index in [-0.39, 0.29) is 32.9 Å². The number of hydrogen-bond donors (Lipinski definition) is 3. The molecule has 10 nitrogen and oxygen atoms in total. The molecule has 0 saturated carbocycles. The average Bonchev–Trinajstić information content (AvgIpc) is 3.34. The zero-order chi connectivity index (χ0) is 23.9. The van der Waals surface area contributed by atoms with Crippen LogP contribution in [0.3, 0.4) is 0 Å². The van der Waals surface area contributed by atoms with Crippen molar-refractivity contribution in [3.8, 4) is 0 Å². The molecule has 1 unspecified atom stereocenters. The molecule has 0 bridgehead atoms. The van der Waals surface area contributed by atoms with Crippen LogP contribution in [0.5, 0.6) is 0 Å². The van der Waals surface area contributed by atoms with Gasteiger partial charge < -0.3 is 29.8 Å². The second-order valence-electron chi connectivity index (χ2n) is 7.89. The van der Waals surface area contributed by atoms with Crippen LogP contribution in [-0.2, 0) is 9.47 Å². The monoisotopic (exact) mass is 516 g/mol. The number of carbonyl (C=O) groups excluding carboxylic acids is 2. The van der Waals surface area contributed by atoms with E-state index in [1.807, 2.05) is 4.90 Å². The van der Waals surface area contributed by atoms with Crippen molar-refractivity contribution in [1.29, 1.82) is 0 Å². The van der Waals surface area contributed by atoms with E-state index >= 15 is 0 Å². The average molecular weight is 517 g/mol. The molecular formula is C20H22Cl2N4O6S. The van der Waals surface area contributed by atoms with Crippen molar-refractivity contribution in [1.82, 2.24) is 15.3 Å². The number of ether oxygens (including phenoxy) is 2. The summed E-state index contributed by atoms with van der Waals surface area (Å²) in [5, 5.41) is 13.2. The minimum atomic E-state index is -1.21. The number of amides is 1. The molecule has 1 atom stereocenters. The lowest BCUT2D eigenvalue weighted by molar-refractivity contribution is -0.279. The van der Waals surface area contributed by atoms with E-state index in [2.05, 4.69) is 15.3 Å². The molecule has 4 heterocycles. The summed E-state index contributed by atoms with van der Waals surface area (Å²) in [7, 11) is 0. The van der Waals surface area contributed by atoms with Gasteiger partial charge >= 0.3 is 5.97 Å². The second kappa shape index (κ2) is 9.22. The normalized spacial score (nSPS) is 20.1. The molecule has 2 aromatic rings. The summed E-state index contributed by atoms with van der Waals surface area (Å²) in [6.45, 7) is 4.49. The van der Waals surface area contributed by atoms with E-state index in [0.717, 1.165) is 11.3 Å². The largest absolute Gasteiger partial charge is 0.477 e. The smallest absolute Gasteiger partial charge is 0.348 e. The van der Waals surface area contributed by atoms with Gasteiger partial charge in [0.1, 0.15) is 16.3 Å². The molecule has 2 fully saturated rings. The van der Waals surface area contributed by atoms with Crippen LogP contribution < -0.4 is 10.2 Å². The van der Waals surface area contributed by atoms with Crippen molar-refractivity contribution in [3.05, 3.63) is 32.0 Å². The van der Waals surface area contributed by atoms with E-state index in [1.54, 1.807) is 6.92 Å². The molecule has 13 heteroatoms. The highest BCUT2D eigenvalue weighted by atomic mass is 35.5. The number of H-pyrrole nitrogens is 1. The van der Waals surface area contributed by atoms with Gasteiger partial charge in [0.05, 0.1) is 35.8 Å². The van der Waals surface area contributed by atoms with Crippen LogP contribution in [0, 0.1) is 6.92 Å². The molecular weight excluding hydrogens is 495 g/mol. The maximum atomic E-state index is 13.0. The third kappa shape index (κ3) is 4.47. The Morgan fingerprint density at radius 2 is 1.97 bits per heavy atom. The molecule has 1 amide bonds. The minimum Gasteiger partial charge on any atom is -0.477 e. The summed E-state index contributed by atoms with van der Waals surface area (Å²) in [5.74, 6) is -3.24. The zero-order valence-corrected chi connectivity index (χ0v) is 20.2. The van der Waals surface area contributed by atoms with Crippen LogP contribution in [-0.4, -0.2) is 70.9 Å². The number of piperidine rings is 1. The highest BCUT2D eigenvalue weighted by molar-refractivity contribution is 7.17. The molecule has 2 saturated heterocycles. The number of aryl methyl sites for hydroxylation is 1. The molecule has 0 aliphatic carbocycles. The second-order valence-corrected chi connectivity index (χ2v) is 9.62. The number of halogens is 2. The molecule has 2 aliphatic heterocycles. The molecule has 4 rings (SSSR count). The molecule has 1 spiro atoms. The van der Waals surface area contributed by atoms with Gasteiger partial charge in [0.25, 0.3) is 5.91 Å². The standard InChI is InChI=1S/C20H22Cl2N4O6S/c1-9-12(21)13(22)15(23-9)17(28)24-11-4-5-26(8-20(11)31-6-3-7-32-20)19-25-14(10(2)27)16(33-19)18(29)30/h11,23H,3-8H2,1-2H3,(H,24,28)(H,29,30). The number of aromatic amines is 1. The van der Waals surface area contributed by atoms with E-state index < -0.39 is 29.5 Å². The SMILES string of the molecule is CC(=O)c1nc(N2CCC(NC(=O)c3[nH]c(C)c(Cl)c3Cl)C3(C2)OCCCO3)sc1C(=O)O. The number of nitrogens with one attached hydrogen (secondary N) is 2. The van der Waals surface area contributed by atoms with E-state index in [4.69, 9.17) is 32.7 Å². The fourth-order valence-electron chi connectivity index (χ4n) is 3.97. The van der Waals surface area contributed by atoms with Crippen LogP contribution in [0.1, 0.15) is 56.1 Å². The summed E-state index contributed by atoms with van der Waals surface area (Å²) >= 11 is 13.2. The van der Waals surface area contributed by atoms with Crippen molar-refractivity contribution in [2.75, 3.05) is 31.2 Å². The number of carboxylic acids is 1. The first-order valence-corrected chi connectivity index (χ1v) is 11.8. The number of carbonyl (C=O) groups is 3. The third-order valence-electron chi connectivity index (χ3n) is 5.61. The number of Topliss-reactive ketones (excluding diaryl/α,β-unsaturated/α-hetero) is 1. The topological polar surface area (TPSA) is 134 Å². The first-order chi connectivity index (χ1) is 15.6. The Morgan fingerprint density at radius 3 is 2.52 bits per heavy atom. The van der Waals surface area contributed by atoms with Gasteiger partial charge in [0.15, 0.2) is 10.9 Å². The van der Waals surface area contributed by atoms with Crippen LogP contribution in [0.2, 0.25) is 10.0 Å². The summed E-state index contributed by atoms with van der Waals surface area (Å²) in [6, 6.07) is -0.508. The molecule has 3 N–H and O–H groups in total. The fourth-order valence-corrected chi connectivity index (χ4v) is 5.37. The van der Waals surface area contributed by atoms with Gasteiger partial charge in [-0.1, -0.05) is 34.5 Å². The summed E-state index contributed by atoms with van der Waals surface area (Å²) in [4.78, 5) is 45.2. The Kier molecular flexibility index (Phi) is 6.70. The van der Waals surface area contributed by atoms with Crippen LogP contribution >= 0.6 is 34.5 Å². The van der Waals surface area contributed by atoms with E-state index in [9.17, 15) is 19.5 Å². The maximum absolute atomic E-state index is 13.0. The Labute approximate surface area is 203 Å². The Bertz CT molecular complexity index is 1080. The lowest BCUT2D eigenvalue weighted by Crippen LogP contribution is -2.66. The van der Waals surface area contributed by atoms with Gasteiger partial charge in [0.2, 0.25) is 5.79 Å². The Balaban J connectivity index is 1.59. The van der Waals surface area contributed by atoms with Crippen molar-refractivity contribution < 1.29 is 29.0 Å². The number of ketones is 1. The number of aromatic nitrogens is 2. The van der Waals surface area contributed by atoms with Crippen LogP contribution in [0.15, 0.2) is 0 Å². The lowest BCUT2D eigenvalue weighted by Gasteiger charge is -2.49. The number of thiazole rings is 1. The van der Waals surface area contributed by atoms with Crippen molar-refractivity contribution in [2.24, 2.45) is 0 Å². The lowest BCUT2D eigenvalue weighted by atomic mass is 9.96. The number of hydrogen-bond acceptors (Lipinski definition) is 8. The van der Waals surface area contributed by atoms with Gasteiger partial charge in [0, 0.05) is 19.2 Å². The minimum absolute atomic E-state index is 0.0777. The molecule has 2 aliphatic rings. The molecule has 33 heavy (non-hydrogen) atoms. The zero-order valence-electron chi connectivity index (χ0n) is 17.9. The van der Waals surface area contributed by atoms with Crippen molar-refractivity contribution in [3.63, 3.8) is 0 Å². The summed E-state index contributed by atoms with van der Waals surface area (Å²) in [6.07, 6.45) is 1.13. The van der Waals surface area contributed by atoms with Gasteiger partial charge in [-0.2, -0.15) is 0 Å². The van der Waals surface area contributed by atoms with E-state index in [0.29, 0.717) is 43.4 Å². The first-order valence-electron chi connectivity index (χ1n) is 10.3. The molecule has 0 aromatic carbocycles. The van der Waals surface area contributed by atoms with Gasteiger partial charge in [-0.25, -0.2) is 9.78 Å². The first kappa shape index (κ1) is 24.0. The molecule has 2 aromatic heterocycles. The molecule has 178 valence electrons. The highest BCUT2D eigenvalue weighted by Crippen LogP contribution is 2.36. The van der Waals surface area contributed by atoms with Crippen molar-refractivity contribution in [2.45, 2.75) is 38.5 Å². The maximum Gasteiger partial charge on any atom is 0.348 e. The highest BCUT2D eigenvalue weighted by Gasteiger charge is 2.49. The van der Waals surface area contributed by atoms with Crippen LogP contribution in [0.4, 0.5) is 5.13 Å². The number of carboxylic acid groups (broad SMARTS) is 1. The number of nitrogens with zero attached hydrogens (tertiary/aromatic N) is 2. The number of anilines is 1. The van der Waals surface area contributed by atoms with Gasteiger partial charge in [-0.15, -0.1) is 0 Å². The predicted octanol–water partition coefficient (Wildman–Crippen LogP) is 3.13. The Morgan fingerprint density at radius 1 is 1.27 bits per heavy atom. The molecule has 0 radical (unpaired) electrons. The summed E-state index contributed by atoms with van der Waals surface area (Å²) in [5.41, 5.74) is 0.663. The van der Waals surface area contributed by atoms with Crippen LogP contribution in [0.25, 0.3) is 0 Å². The predicted molar refractivity (Wildman–Crippen MR) is 122 cm³/mol. The third-order valence-corrected chi connectivity index (χ3v) is 7.66. The fraction of sp³-hybridized carbons (Fsp3) is 0.500. The number of aromatic carboxylic acids is 1. The quantitative estimate of drug-likeness (QED) is 0.516. The van der Waals surface area contributed by atoms with Gasteiger partial charge in [-0.3, -0.25) is 9.59 Å². The summed E-state index contributed by atoms with van der Waals surface area (Å²) < 4.78 is 12.1. The van der Waals surface area contributed by atoms with Crippen molar-refractivity contribution >= 4 is 57.3 Å².